The number of hydrogen-bond acceptors (Lipinski definition) is 4. The van der Waals surface area contributed by atoms with Crippen LogP contribution in [-0.2, 0) is 0 Å². The standard InChI is InChI=1S/C24H29F3N4O3/c1-23(2,3)30-22(34)17-14-31(15-9-5-4-6-10-15)13-16(19(17)32)21(33)29-20(24(25,26)27)18-11-7-8-12-28-18/h7-8,11-15,20H,4-6,9-10H2,1-3H3,(H,29,33)(H,30,34). The third-order valence-corrected chi connectivity index (χ3v) is 5.61. The minimum atomic E-state index is -4.84. The zero-order valence-electron chi connectivity index (χ0n) is 19.4. The first-order chi connectivity index (χ1) is 15.9. The van der Waals surface area contributed by atoms with Gasteiger partial charge in [0.25, 0.3) is 11.8 Å². The molecule has 1 aliphatic carbocycles. The second-order valence-corrected chi connectivity index (χ2v) is 9.56. The number of pyridine rings is 2. The predicted octanol–water partition coefficient (Wildman–Crippen LogP) is 4.31. The maximum absolute atomic E-state index is 13.7. The lowest BCUT2D eigenvalue weighted by Crippen LogP contribution is -2.44. The molecule has 2 aromatic heterocycles. The highest BCUT2D eigenvalue weighted by Crippen LogP contribution is 2.32. The number of hydrogen-bond donors (Lipinski definition) is 2. The molecule has 0 spiro atoms. The number of nitrogens with zero attached hydrogens (tertiary/aromatic N) is 2. The summed E-state index contributed by atoms with van der Waals surface area (Å²) in [4.78, 5) is 42.7. The Balaban J connectivity index is 2.04. The lowest BCUT2D eigenvalue weighted by atomic mass is 9.95. The summed E-state index contributed by atoms with van der Waals surface area (Å²) in [6, 6.07) is 1.51. The van der Waals surface area contributed by atoms with Crippen LogP contribution in [0.15, 0.2) is 41.6 Å². The van der Waals surface area contributed by atoms with Crippen LogP contribution in [0.5, 0.6) is 0 Å². The van der Waals surface area contributed by atoms with Crippen molar-refractivity contribution in [3.05, 3.63) is 63.8 Å². The molecule has 0 aliphatic heterocycles. The van der Waals surface area contributed by atoms with Crippen molar-refractivity contribution in [3.8, 4) is 0 Å². The number of aromatic nitrogens is 2. The second-order valence-electron chi connectivity index (χ2n) is 9.56. The van der Waals surface area contributed by atoms with Gasteiger partial charge >= 0.3 is 6.18 Å². The first-order valence-electron chi connectivity index (χ1n) is 11.2. The van der Waals surface area contributed by atoms with E-state index in [4.69, 9.17) is 0 Å². The normalized spacial score (nSPS) is 16.1. The maximum Gasteiger partial charge on any atom is 0.414 e. The van der Waals surface area contributed by atoms with Crippen LogP contribution in [0.25, 0.3) is 0 Å². The SMILES string of the molecule is CC(C)(C)NC(=O)c1cn(C2CCCCC2)cc(C(=O)NC(c2ccccn2)C(F)(F)F)c1=O. The van der Waals surface area contributed by atoms with Crippen molar-refractivity contribution in [1.82, 2.24) is 20.2 Å². The van der Waals surface area contributed by atoms with Gasteiger partial charge in [-0.3, -0.25) is 19.4 Å². The van der Waals surface area contributed by atoms with Crippen LogP contribution in [0.3, 0.4) is 0 Å². The Morgan fingerprint density at radius 2 is 1.65 bits per heavy atom. The van der Waals surface area contributed by atoms with Gasteiger partial charge in [0.2, 0.25) is 5.43 Å². The molecule has 2 amide bonds. The lowest BCUT2D eigenvalue weighted by molar-refractivity contribution is -0.156. The van der Waals surface area contributed by atoms with Gasteiger partial charge in [-0.2, -0.15) is 13.2 Å². The number of nitrogens with one attached hydrogen (secondary N) is 2. The Bertz CT molecular complexity index is 1090. The quantitative estimate of drug-likeness (QED) is 0.670. The molecular formula is C24H29F3N4O3. The summed E-state index contributed by atoms with van der Waals surface area (Å²) in [7, 11) is 0. The highest BCUT2D eigenvalue weighted by Gasteiger charge is 2.43. The monoisotopic (exact) mass is 478 g/mol. The molecule has 1 fully saturated rings. The van der Waals surface area contributed by atoms with Gasteiger partial charge < -0.3 is 15.2 Å². The van der Waals surface area contributed by atoms with E-state index >= 15 is 0 Å². The molecule has 0 bridgehead atoms. The van der Waals surface area contributed by atoms with Crippen molar-refractivity contribution >= 4 is 11.8 Å². The maximum atomic E-state index is 13.7. The Hall–Kier alpha value is -3.17. The van der Waals surface area contributed by atoms with Crippen molar-refractivity contribution in [1.29, 1.82) is 0 Å². The van der Waals surface area contributed by atoms with E-state index in [0.29, 0.717) is 0 Å². The van der Waals surface area contributed by atoms with Gasteiger partial charge in [0, 0.05) is 30.2 Å². The Kier molecular flexibility index (Phi) is 7.48. The molecule has 2 aromatic rings. The average molecular weight is 479 g/mol. The molecule has 1 atom stereocenters. The zero-order chi connectivity index (χ0) is 25.1. The van der Waals surface area contributed by atoms with Crippen LogP contribution in [-0.4, -0.2) is 33.1 Å². The fraction of sp³-hybridized carbons (Fsp3) is 0.500. The lowest BCUT2D eigenvalue weighted by Gasteiger charge is -2.27. The van der Waals surface area contributed by atoms with Gasteiger partial charge in [0.1, 0.15) is 11.1 Å². The summed E-state index contributed by atoms with van der Waals surface area (Å²) >= 11 is 0. The van der Waals surface area contributed by atoms with E-state index in [9.17, 15) is 27.6 Å². The molecule has 0 saturated heterocycles. The molecule has 0 aromatic carbocycles. The third kappa shape index (κ3) is 6.24. The fourth-order valence-electron chi connectivity index (χ4n) is 4.00. The number of rotatable bonds is 5. The molecule has 1 aliphatic rings. The Morgan fingerprint density at radius 3 is 2.18 bits per heavy atom. The minimum absolute atomic E-state index is 0.0590. The third-order valence-electron chi connectivity index (χ3n) is 5.61. The highest BCUT2D eigenvalue weighted by molar-refractivity contribution is 5.99. The Labute approximate surface area is 195 Å². The number of halogens is 3. The van der Waals surface area contributed by atoms with Gasteiger partial charge in [-0.25, -0.2) is 0 Å². The molecule has 34 heavy (non-hydrogen) atoms. The van der Waals surface area contributed by atoms with Crippen LogP contribution in [0, 0.1) is 0 Å². The van der Waals surface area contributed by atoms with Gasteiger partial charge in [0.15, 0.2) is 6.04 Å². The molecule has 10 heteroatoms. The molecule has 3 rings (SSSR count). The first-order valence-corrected chi connectivity index (χ1v) is 11.2. The number of carbonyl (C=O) groups is 2. The van der Waals surface area contributed by atoms with E-state index in [2.05, 4.69) is 10.3 Å². The first kappa shape index (κ1) is 25.5. The van der Waals surface area contributed by atoms with Gasteiger partial charge in [-0.15, -0.1) is 0 Å². The molecule has 0 radical (unpaired) electrons. The van der Waals surface area contributed by atoms with Crippen LogP contribution >= 0.6 is 0 Å². The molecule has 1 unspecified atom stereocenters. The predicted molar refractivity (Wildman–Crippen MR) is 121 cm³/mol. The molecule has 2 heterocycles. The van der Waals surface area contributed by atoms with E-state index in [1.807, 2.05) is 5.32 Å². The summed E-state index contributed by atoms with van der Waals surface area (Å²) in [5, 5.41) is 4.59. The van der Waals surface area contributed by atoms with Crippen LogP contribution in [0.4, 0.5) is 13.2 Å². The second kappa shape index (κ2) is 9.99. The van der Waals surface area contributed by atoms with Crippen molar-refractivity contribution in [3.63, 3.8) is 0 Å². The van der Waals surface area contributed by atoms with Crippen molar-refractivity contribution in [2.75, 3.05) is 0 Å². The highest BCUT2D eigenvalue weighted by atomic mass is 19.4. The summed E-state index contributed by atoms with van der Waals surface area (Å²) < 4.78 is 42.9. The molecule has 184 valence electrons. The van der Waals surface area contributed by atoms with E-state index in [1.54, 1.807) is 25.3 Å². The van der Waals surface area contributed by atoms with Crippen LogP contribution in [0.2, 0.25) is 0 Å². The summed E-state index contributed by atoms with van der Waals surface area (Å²) in [5.41, 5.74) is -2.78. The van der Waals surface area contributed by atoms with Gasteiger partial charge in [0.05, 0.1) is 5.69 Å². The zero-order valence-corrected chi connectivity index (χ0v) is 19.4. The average Bonchev–Trinajstić information content (AvgIpc) is 2.76. The van der Waals surface area contributed by atoms with E-state index in [1.165, 1.54) is 30.7 Å². The van der Waals surface area contributed by atoms with E-state index in [-0.39, 0.29) is 11.6 Å². The van der Waals surface area contributed by atoms with Crippen molar-refractivity contribution < 1.29 is 22.8 Å². The molecule has 2 N–H and O–H groups in total. The smallest absolute Gasteiger partial charge is 0.349 e. The van der Waals surface area contributed by atoms with E-state index < -0.39 is 46.3 Å². The largest absolute Gasteiger partial charge is 0.414 e. The van der Waals surface area contributed by atoms with Gasteiger partial charge in [-0.05, 0) is 45.7 Å². The van der Waals surface area contributed by atoms with E-state index in [0.717, 1.165) is 38.2 Å². The molecule has 1 saturated carbocycles. The number of alkyl halides is 3. The van der Waals surface area contributed by atoms with Crippen LogP contribution < -0.4 is 16.1 Å². The van der Waals surface area contributed by atoms with Crippen LogP contribution in [0.1, 0.15) is 91.4 Å². The minimum Gasteiger partial charge on any atom is -0.349 e. The van der Waals surface area contributed by atoms with Crippen molar-refractivity contribution in [2.24, 2.45) is 0 Å². The van der Waals surface area contributed by atoms with Gasteiger partial charge in [-0.1, -0.05) is 25.3 Å². The fourth-order valence-corrected chi connectivity index (χ4v) is 4.00. The number of amides is 2. The topological polar surface area (TPSA) is 93.1 Å². The summed E-state index contributed by atoms with van der Waals surface area (Å²) in [6.07, 6.45) is 3.51. The summed E-state index contributed by atoms with van der Waals surface area (Å²) in [6.45, 7) is 5.21. The van der Waals surface area contributed by atoms with Crippen molar-refractivity contribution in [2.45, 2.75) is 76.7 Å². The molecular weight excluding hydrogens is 449 g/mol. The number of carbonyl (C=O) groups excluding carboxylic acids is 2. The Morgan fingerprint density at radius 1 is 1.03 bits per heavy atom. The summed E-state index contributed by atoms with van der Waals surface area (Å²) in [5.74, 6) is -1.90. The molecule has 7 nitrogen and oxygen atoms in total.